The van der Waals surface area contributed by atoms with Crippen LogP contribution in [0.15, 0.2) is 86.5 Å². The predicted octanol–water partition coefficient (Wildman–Crippen LogP) is 7.59. The second-order valence-electron chi connectivity index (χ2n) is 8.60. The van der Waals surface area contributed by atoms with Crippen molar-refractivity contribution in [1.29, 1.82) is 0 Å². The molecule has 0 unspecified atom stereocenters. The SMILES string of the molecule is CSc1ccc2sc(/C=C/C=C/C=C/C=C3\Sc4ccc(SC)c5c4N3CC5)[n+](CCSCC(=O)O)c2c1. The third kappa shape index (κ3) is 6.07. The number of benzene rings is 2. The van der Waals surface area contributed by atoms with Crippen molar-refractivity contribution >= 4 is 86.3 Å². The van der Waals surface area contributed by atoms with Gasteiger partial charge in [0, 0.05) is 33.4 Å². The van der Waals surface area contributed by atoms with Gasteiger partial charge in [0.05, 0.1) is 22.2 Å². The molecule has 3 heterocycles. The highest BCUT2D eigenvalue weighted by Gasteiger charge is 2.33. The number of nitrogens with zero attached hydrogens (tertiary/aromatic N) is 2. The summed E-state index contributed by atoms with van der Waals surface area (Å²) in [7, 11) is 0. The largest absolute Gasteiger partial charge is 0.481 e. The highest BCUT2D eigenvalue weighted by atomic mass is 32.2. The topological polar surface area (TPSA) is 44.4 Å². The molecule has 0 radical (unpaired) electrons. The van der Waals surface area contributed by atoms with E-state index in [1.807, 2.05) is 23.5 Å². The Bertz CT molecular complexity index is 1470. The number of thioether (sulfide) groups is 4. The van der Waals surface area contributed by atoms with E-state index in [4.69, 9.17) is 5.11 Å². The van der Waals surface area contributed by atoms with E-state index in [0.29, 0.717) is 0 Å². The molecule has 0 fully saturated rings. The smallest absolute Gasteiger partial charge is 0.313 e. The van der Waals surface area contributed by atoms with Gasteiger partial charge >= 0.3 is 5.97 Å². The summed E-state index contributed by atoms with van der Waals surface area (Å²) in [5, 5.41) is 11.4. The summed E-state index contributed by atoms with van der Waals surface area (Å²) in [5.41, 5.74) is 4.13. The van der Waals surface area contributed by atoms with Crippen molar-refractivity contribution in [2.45, 2.75) is 27.7 Å². The number of allylic oxidation sites excluding steroid dienone is 6. The molecule has 5 rings (SSSR count). The van der Waals surface area contributed by atoms with Crippen LogP contribution in [0.5, 0.6) is 0 Å². The highest BCUT2D eigenvalue weighted by Crippen LogP contribution is 2.52. The first kappa shape index (κ1) is 27.5. The standard InChI is InChI=1S/C29H28N2O2S5/c1-34-20-10-11-24-22(18-20)30(16-17-36-19-28(32)33)26(37-24)8-6-4-3-5-7-9-27-31-15-14-21-23(35-2)12-13-25(38-27)29(21)31/h3-13,18H,14-17,19H2,1-2H3/p+1. The van der Waals surface area contributed by atoms with Crippen molar-refractivity contribution in [3.05, 3.63) is 82.4 Å². The van der Waals surface area contributed by atoms with Crippen LogP contribution < -0.4 is 9.47 Å². The molecule has 0 atom stereocenters. The van der Waals surface area contributed by atoms with Crippen LogP contribution in [0, 0.1) is 0 Å². The van der Waals surface area contributed by atoms with Crippen LogP contribution in [0.2, 0.25) is 0 Å². The van der Waals surface area contributed by atoms with Crippen LogP contribution in [0.1, 0.15) is 10.6 Å². The Balaban J connectivity index is 1.25. The zero-order chi connectivity index (χ0) is 26.5. The molecular weight excluding hydrogens is 569 g/mol. The van der Waals surface area contributed by atoms with Crippen LogP contribution in [-0.4, -0.2) is 41.6 Å². The van der Waals surface area contributed by atoms with Crippen molar-refractivity contribution in [1.82, 2.24) is 0 Å². The maximum absolute atomic E-state index is 10.9. The third-order valence-electron chi connectivity index (χ3n) is 6.30. The second kappa shape index (κ2) is 12.9. The molecule has 0 aliphatic carbocycles. The Morgan fingerprint density at radius 2 is 1.95 bits per heavy atom. The molecule has 0 saturated carbocycles. The summed E-state index contributed by atoms with van der Waals surface area (Å²) in [5.74, 6) is 0.136. The summed E-state index contributed by atoms with van der Waals surface area (Å²) >= 11 is 8.66. The van der Waals surface area contributed by atoms with Gasteiger partial charge in [0.15, 0.2) is 6.54 Å². The number of hydrogen-bond donors (Lipinski definition) is 1. The van der Waals surface area contributed by atoms with Gasteiger partial charge in [-0.3, -0.25) is 4.79 Å². The van der Waals surface area contributed by atoms with Gasteiger partial charge in [0.25, 0.3) is 5.01 Å². The molecule has 4 nitrogen and oxygen atoms in total. The number of carbonyl (C=O) groups is 1. The Morgan fingerprint density at radius 3 is 2.76 bits per heavy atom. The summed E-state index contributed by atoms with van der Waals surface area (Å²) in [6, 6.07) is 11.1. The number of rotatable bonds is 11. The molecule has 2 aliphatic heterocycles. The molecule has 196 valence electrons. The maximum Gasteiger partial charge on any atom is 0.313 e. The first-order valence-electron chi connectivity index (χ1n) is 12.3. The molecule has 0 saturated heterocycles. The fourth-order valence-corrected chi connectivity index (χ4v) is 8.53. The lowest BCUT2D eigenvalue weighted by Gasteiger charge is -2.13. The van der Waals surface area contributed by atoms with Crippen LogP contribution in [-0.2, 0) is 17.8 Å². The molecule has 1 aromatic heterocycles. The third-order valence-corrected chi connectivity index (χ3v) is 11.0. The molecule has 2 aliphatic rings. The van der Waals surface area contributed by atoms with Gasteiger partial charge in [0.1, 0.15) is 4.70 Å². The lowest BCUT2D eigenvalue weighted by atomic mass is 10.2. The first-order chi connectivity index (χ1) is 18.6. The molecule has 0 bridgehead atoms. The van der Waals surface area contributed by atoms with E-state index in [-0.39, 0.29) is 5.75 Å². The molecule has 3 aromatic rings. The Labute approximate surface area is 245 Å². The summed E-state index contributed by atoms with van der Waals surface area (Å²) in [6.45, 7) is 1.84. The Kier molecular flexibility index (Phi) is 9.33. The molecular formula is C29H29N2O2S5+. The van der Waals surface area contributed by atoms with Gasteiger partial charge in [-0.25, -0.2) is 0 Å². The monoisotopic (exact) mass is 597 g/mol. The van der Waals surface area contributed by atoms with Gasteiger partial charge < -0.3 is 10.0 Å². The lowest BCUT2D eigenvalue weighted by Crippen LogP contribution is -2.36. The number of anilines is 1. The molecule has 1 N–H and O–H groups in total. The number of thiazole rings is 1. The summed E-state index contributed by atoms with van der Waals surface area (Å²) in [4.78, 5) is 17.4. The normalized spacial score (nSPS) is 15.8. The Hall–Kier alpha value is -2.04. The minimum Gasteiger partial charge on any atom is -0.481 e. The maximum atomic E-state index is 10.9. The quantitative estimate of drug-likeness (QED) is 0.106. The van der Waals surface area contributed by atoms with Crippen molar-refractivity contribution in [3.8, 4) is 0 Å². The van der Waals surface area contributed by atoms with Gasteiger partial charge in [-0.2, -0.15) is 4.57 Å². The number of aliphatic carboxylic acids is 1. The van der Waals surface area contributed by atoms with E-state index in [2.05, 4.69) is 94.8 Å². The number of carboxylic acids is 1. The van der Waals surface area contributed by atoms with E-state index < -0.39 is 5.97 Å². The van der Waals surface area contributed by atoms with Crippen molar-refractivity contribution in [2.75, 3.05) is 35.5 Å². The molecule has 2 aromatic carbocycles. The van der Waals surface area contributed by atoms with Crippen molar-refractivity contribution in [3.63, 3.8) is 0 Å². The fraction of sp³-hybridized carbons (Fsp3) is 0.241. The van der Waals surface area contributed by atoms with E-state index in [1.165, 1.54) is 58.0 Å². The van der Waals surface area contributed by atoms with Gasteiger partial charge in [-0.15, -0.1) is 35.3 Å². The molecule has 38 heavy (non-hydrogen) atoms. The van der Waals surface area contributed by atoms with Crippen LogP contribution in [0.4, 0.5) is 5.69 Å². The summed E-state index contributed by atoms with van der Waals surface area (Å²) < 4.78 is 3.55. The van der Waals surface area contributed by atoms with Gasteiger partial charge in [-0.05, 0) is 54.8 Å². The molecule has 0 amide bonds. The minimum absolute atomic E-state index is 0.136. The zero-order valence-corrected chi connectivity index (χ0v) is 25.3. The summed E-state index contributed by atoms with van der Waals surface area (Å²) in [6.07, 6.45) is 20.1. The number of aryl methyl sites for hydroxylation is 1. The Morgan fingerprint density at radius 1 is 1.11 bits per heavy atom. The van der Waals surface area contributed by atoms with E-state index >= 15 is 0 Å². The average molecular weight is 598 g/mol. The highest BCUT2D eigenvalue weighted by molar-refractivity contribution is 8.03. The van der Waals surface area contributed by atoms with E-state index in [9.17, 15) is 4.79 Å². The van der Waals surface area contributed by atoms with Crippen LogP contribution >= 0.6 is 58.4 Å². The second-order valence-corrected chi connectivity index (χ2v) is 13.6. The zero-order valence-electron chi connectivity index (χ0n) is 21.3. The minimum atomic E-state index is -0.764. The number of fused-ring (bicyclic) bond motifs is 1. The molecule has 0 spiro atoms. The number of carboxylic acid groups (broad SMARTS) is 1. The van der Waals surface area contributed by atoms with Gasteiger partial charge in [-0.1, -0.05) is 53.5 Å². The predicted molar refractivity (Wildman–Crippen MR) is 169 cm³/mol. The van der Waals surface area contributed by atoms with E-state index in [1.54, 1.807) is 23.1 Å². The van der Waals surface area contributed by atoms with Crippen molar-refractivity contribution < 1.29 is 14.5 Å². The average Bonchev–Trinajstić information content (AvgIpc) is 3.61. The fourth-order valence-electron chi connectivity index (χ4n) is 4.60. The lowest BCUT2D eigenvalue weighted by molar-refractivity contribution is -0.664. The number of aromatic nitrogens is 1. The first-order valence-corrected chi connectivity index (χ1v) is 17.5. The molecule has 9 heteroatoms. The van der Waals surface area contributed by atoms with Crippen LogP contribution in [0.3, 0.4) is 0 Å². The van der Waals surface area contributed by atoms with Crippen molar-refractivity contribution in [2.24, 2.45) is 0 Å². The van der Waals surface area contributed by atoms with Crippen LogP contribution in [0.25, 0.3) is 16.3 Å². The van der Waals surface area contributed by atoms with Gasteiger partial charge in [0.2, 0.25) is 5.52 Å². The van der Waals surface area contributed by atoms with E-state index in [0.717, 1.165) is 25.3 Å². The number of hydrogen-bond acceptors (Lipinski definition) is 7.